The molecule has 5 heteroatoms. The Balaban J connectivity index is 1.67. The third-order valence-corrected chi connectivity index (χ3v) is 3.88. The Labute approximate surface area is 95.7 Å². The fraction of sp³-hybridized carbons (Fsp3) is 1.00. The zero-order valence-electron chi connectivity index (χ0n) is 9.52. The van der Waals surface area contributed by atoms with Crippen molar-refractivity contribution in [3.8, 4) is 0 Å². The third-order valence-electron chi connectivity index (χ3n) is 3.88. The van der Waals surface area contributed by atoms with Crippen LogP contribution in [0.3, 0.4) is 0 Å². The van der Waals surface area contributed by atoms with E-state index in [-0.39, 0.29) is 17.9 Å². The summed E-state index contributed by atoms with van der Waals surface area (Å²) in [7, 11) is 0. The lowest BCUT2D eigenvalue weighted by atomic mass is 10.0. The van der Waals surface area contributed by atoms with Gasteiger partial charge in [0.05, 0.1) is 25.9 Å². The highest BCUT2D eigenvalue weighted by atomic mass is 16.7. The summed E-state index contributed by atoms with van der Waals surface area (Å²) >= 11 is 0. The number of rotatable bonds is 1. The van der Waals surface area contributed by atoms with Gasteiger partial charge in [0.25, 0.3) is 0 Å². The molecular weight excluding hydrogens is 208 g/mol. The Morgan fingerprint density at radius 3 is 2.75 bits per heavy atom. The van der Waals surface area contributed by atoms with Crippen LogP contribution in [0.2, 0.25) is 0 Å². The van der Waals surface area contributed by atoms with E-state index < -0.39 is 0 Å². The summed E-state index contributed by atoms with van der Waals surface area (Å²) in [5.74, 6) is -0.374. The summed E-state index contributed by atoms with van der Waals surface area (Å²) in [6.07, 6.45) is 1.82. The maximum absolute atomic E-state index is 9.89. The van der Waals surface area contributed by atoms with Crippen LogP contribution in [-0.2, 0) is 9.47 Å². The van der Waals surface area contributed by atoms with Crippen molar-refractivity contribution in [1.82, 2.24) is 10.2 Å². The second-order valence-corrected chi connectivity index (χ2v) is 4.97. The van der Waals surface area contributed by atoms with Crippen molar-refractivity contribution >= 4 is 0 Å². The van der Waals surface area contributed by atoms with Crippen molar-refractivity contribution in [2.45, 2.75) is 30.8 Å². The zero-order valence-corrected chi connectivity index (χ0v) is 9.52. The Morgan fingerprint density at radius 1 is 1.25 bits per heavy atom. The molecule has 0 aliphatic carbocycles. The molecule has 3 rings (SSSR count). The highest BCUT2D eigenvalue weighted by molar-refractivity contribution is 4.94. The molecule has 2 atom stereocenters. The molecule has 0 amide bonds. The number of aliphatic hydroxyl groups is 1. The van der Waals surface area contributed by atoms with Crippen LogP contribution in [0.4, 0.5) is 0 Å². The Morgan fingerprint density at radius 2 is 2.06 bits per heavy atom. The second kappa shape index (κ2) is 4.23. The van der Waals surface area contributed by atoms with Gasteiger partial charge in [-0.1, -0.05) is 0 Å². The van der Waals surface area contributed by atoms with E-state index >= 15 is 0 Å². The lowest BCUT2D eigenvalue weighted by Crippen LogP contribution is -2.55. The second-order valence-electron chi connectivity index (χ2n) is 4.97. The summed E-state index contributed by atoms with van der Waals surface area (Å²) < 4.78 is 11.5. The molecular formula is C11H20N2O3. The van der Waals surface area contributed by atoms with Crippen LogP contribution in [0, 0.1) is 0 Å². The topological polar surface area (TPSA) is 54.0 Å². The van der Waals surface area contributed by atoms with E-state index in [9.17, 15) is 5.11 Å². The average Bonchev–Trinajstić information content (AvgIpc) is 2.88. The van der Waals surface area contributed by atoms with Crippen LogP contribution in [0.5, 0.6) is 0 Å². The number of likely N-dealkylation sites (tertiary alicyclic amines) is 1. The maximum Gasteiger partial charge on any atom is 0.181 e. The van der Waals surface area contributed by atoms with Gasteiger partial charge in [0.2, 0.25) is 0 Å². The minimum Gasteiger partial charge on any atom is -0.390 e. The minimum atomic E-state index is -0.374. The van der Waals surface area contributed by atoms with E-state index in [2.05, 4.69) is 10.2 Å². The van der Waals surface area contributed by atoms with Crippen molar-refractivity contribution in [2.75, 3.05) is 39.4 Å². The van der Waals surface area contributed by atoms with Crippen molar-refractivity contribution < 1.29 is 14.6 Å². The first-order valence-electron chi connectivity index (χ1n) is 6.20. The number of β-amino-alcohol motifs (C(OH)–C–C–N with tert-alkyl or cyclic N) is 1. The summed E-state index contributed by atoms with van der Waals surface area (Å²) in [4.78, 5) is 2.32. The van der Waals surface area contributed by atoms with Gasteiger partial charge in [-0.3, -0.25) is 4.90 Å². The van der Waals surface area contributed by atoms with Crippen LogP contribution in [0.1, 0.15) is 12.8 Å². The molecule has 0 aromatic heterocycles. The number of ether oxygens (including phenoxy) is 2. The van der Waals surface area contributed by atoms with Gasteiger partial charge in [0.1, 0.15) is 0 Å². The van der Waals surface area contributed by atoms with Gasteiger partial charge in [0.15, 0.2) is 5.79 Å². The molecule has 1 spiro atoms. The summed E-state index contributed by atoms with van der Waals surface area (Å²) in [6, 6.07) is 0.227. The van der Waals surface area contributed by atoms with E-state index in [1.54, 1.807) is 0 Å². The van der Waals surface area contributed by atoms with Crippen molar-refractivity contribution in [1.29, 1.82) is 0 Å². The smallest absolute Gasteiger partial charge is 0.181 e. The molecule has 3 aliphatic heterocycles. The number of aliphatic hydroxyl groups excluding tert-OH is 1. The van der Waals surface area contributed by atoms with E-state index in [1.807, 2.05) is 0 Å². The first-order valence-corrected chi connectivity index (χ1v) is 6.20. The molecule has 0 saturated carbocycles. The number of hydrogen-bond donors (Lipinski definition) is 2. The molecule has 16 heavy (non-hydrogen) atoms. The molecule has 0 aromatic carbocycles. The van der Waals surface area contributed by atoms with Gasteiger partial charge in [-0.05, 0) is 13.0 Å². The summed E-state index contributed by atoms with van der Waals surface area (Å²) in [5.41, 5.74) is 0. The van der Waals surface area contributed by atoms with Gasteiger partial charge in [0, 0.05) is 25.6 Å². The van der Waals surface area contributed by atoms with E-state index in [1.165, 1.54) is 0 Å². The molecule has 0 bridgehead atoms. The molecule has 0 aromatic rings. The normalized spacial score (nSPS) is 39.6. The van der Waals surface area contributed by atoms with Crippen molar-refractivity contribution in [3.05, 3.63) is 0 Å². The molecule has 0 unspecified atom stereocenters. The molecule has 2 N–H and O–H groups in total. The first kappa shape index (κ1) is 10.9. The molecule has 92 valence electrons. The molecule has 3 fully saturated rings. The molecule has 5 nitrogen and oxygen atoms in total. The van der Waals surface area contributed by atoms with Crippen LogP contribution < -0.4 is 5.32 Å². The molecule has 3 saturated heterocycles. The minimum absolute atomic E-state index is 0.227. The van der Waals surface area contributed by atoms with Gasteiger partial charge in [-0.25, -0.2) is 0 Å². The highest BCUT2D eigenvalue weighted by Gasteiger charge is 2.44. The van der Waals surface area contributed by atoms with Crippen molar-refractivity contribution in [3.63, 3.8) is 0 Å². The van der Waals surface area contributed by atoms with Gasteiger partial charge < -0.3 is 19.9 Å². The fourth-order valence-electron chi connectivity index (χ4n) is 3.06. The average molecular weight is 228 g/mol. The molecule has 0 radical (unpaired) electrons. The van der Waals surface area contributed by atoms with Gasteiger partial charge >= 0.3 is 0 Å². The molecule has 3 heterocycles. The van der Waals surface area contributed by atoms with E-state index in [0.717, 1.165) is 32.5 Å². The first-order chi connectivity index (χ1) is 7.79. The predicted octanol–water partition coefficient (Wildman–Crippen LogP) is -0.842. The summed E-state index contributed by atoms with van der Waals surface area (Å²) in [5, 5.41) is 13.1. The lowest BCUT2D eigenvalue weighted by molar-refractivity contribution is -0.195. The number of nitrogens with one attached hydrogen (secondary N) is 1. The number of piperidine rings is 1. The zero-order chi connectivity index (χ0) is 11.0. The Kier molecular flexibility index (Phi) is 2.89. The standard InChI is InChI=1S/C11H20N2O3/c14-10-7-12-6-9(10)13-3-1-2-11(8-13)15-4-5-16-11/h9-10,12,14H,1-8H2/t9-,10-/m1/s1. The van der Waals surface area contributed by atoms with Crippen LogP contribution in [-0.4, -0.2) is 67.3 Å². The van der Waals surface area contributed by atoms with E-state index in [0.29, 0.717) is 19.8 Å². The Hall–Kier alpha value is -0.200. The fourth-order valence-corrected chi connectivity index (χ4v) is 3.06. The van der Waals surface area contributed by atoms with E-state index in [4.69, 9.17) is 9.47 Å². The SMILES string of the molecule is O[C@@H]1CNC[C@H]1N1CCCC2(C1)OCCO2. The largest absolute Gasteiger partial charge is 0.390 e. The lowest BCUT2D eigenvalue weighted by Gasteiger charge is -2.41. The van der Waals surface area contributed by atoms with Gasteiger partial charge in [-0.2, -0.15) is 0 Å². The highest BCUT2D eigenvalue weighted by Crippen LogP contribution is 2.31. The third kappa shape index (κ3) is 1.87. The number of hydrogen-bond acceptors (Lipinski definition) is 5. The van der Waals surface area contributed by atoms with Crippen molar-refractivity contribution in [2.24, 2.45) is 0 Å². The predicted molar refractivity (Wildman–Crippen MR) is 58.1 cm³/mol. The van der Waals surface area contributed by atoms with Crippen LogP contribution in [0.15, 0.2) is 0 Å². The maximum atomic E-state index is 9.89. The van der Waals surface area contributed by atoms with Crippen LogP contribution in [0.25, 0.3) is 0 Å². The summed E-state index contributed by atoms with van der Waals surface area (Å²) in [6.45, 7) is 4.83. The molecule has 3 aliphatic rings. The Bertz CT molecular complexity index is 256. The quantitative estimate of drug-likeness (QED) is 0.613. The monoisotopic (exact) mass is 228 g/mol. The number of nitrogens with zero attached hydrogens (tertiary/aromatic N) is 1. The van der Waals surface area contributed by atoms with Gasteiger partial charge in [-0.15, -0.1) is 0 Å². The van der Waals surface area contributed by atoms with Crippen LogP contribution >= 0.6 is 0 Å².